The molecule has 1 heterocycles. The Labute approximate surface area is 99.5 Å². The van der Waals surface area contributed by atoms with Crippen molar-refractivity contribution in [3.63, 3.8) is 0 Å². The minimum absolute atomic E-state index is 0. The fraction of sp³-hybridized carbons (Fsp3) is 1.00. The van der Waals surface area contributed by atoms with E-state index in [1.807, 2.05) is 0 Å². The predicted octanol–water partition coefficient (Wildman–Crippen LogP) is -3.58. The summed E-state index contributed by atoms with van der Waals surface area (Å²) in [6.07, 6.45) is 0.176. The Bertz CT molecular complexity index is 252. The van der Waals surface area contributed by atoms with Crippen molar-refractivity contribution in [3.05, 3.63) is 0 Å². The Morgan fingerprint density at radius 3 is 2.38 bits per heavy atom. The van der Waals surface area contributed by atoms with Gasteiger partial charge in [0, 0.05) is 0 Å². The smallest absolute Gasteiger partial charge is 0.746 e. The van der Waals surface area contributed by atoms with E-state index < -0.39 is 21.7 Å². The van der Waals surface area contributed by atoms with Crippen molar-refractivity contribution >= 4 is 10.1 Å². The van der Waals surface area contributed by atoms with Gasteiger partial charge in [-0.05, 0) is 19.8 Å². The zero-order chi connectivity index (χ0) is 9.35. The van der Waals surface area contributed by atoms with Crippen LogP contribution in [-0.4, -0.2) is 35.7 Å². The van der Waals surface area contributed by atoms with Crippen LogP contribution in [0.25, 0.3) is 0 Å². The summed E-state index contributed by atoms with van der Waals surface area (Å²) in [4.78, 5) is 0. The second-order valence-corrected chi connectivity index (χ2v) is 4.41. The van der Waals surface area contributed by atoms with Crippen LogP contribution in [0.15, 0.2) is 0 Å². The van der Waals surface area contributed by atoms with Crippen molar-refractivity contribution < 1.29 is 52.4 Å². The third-order valence-corrected chi connectivity index (χ3v) is 2.77. The monoisotopic (exact) mass is 218 g/mol. The van der Waals surface area contributed by atoms with Crippen LogP contribution in [0.4, 0.5) is 0 Å². The predicted molar refractivity (Wildman–Crippen MR) is 39.3 cm³/mol. The second kappa shape index (κ2) is 5.06. The number of hydrogen-bond acceptors (Lipinski definition) is 5. The molecule has 7 heteroatoms. The second-order valence-electron chi connectivity index (χ2n) is 2.95. The summed E-state index contributed by atoms with van der Waals surface area (Å²) in [7, 11) is -4.63. The van der Waals surface area contributed by atoms with Crippen molar-refractivity contribution in [2.45, 2.75) is 37.4 Å². The van der Waals surface area contributed by atoms with E-state index in [4.69, 9.17) is 9.84 Å². The van der Waals surface area contributed by atoms with E-state index in [1.54, 1.807) is 6.92 Å². The summed E-state index contributed by atoms with van der Waals surface area (Å²) in [6, 6.07) is 0. The van der Waals surface area contributed by atoms with Gasteiger partial charge in [0.15, 0.2) is 5.44 Å². The van der Waals surface area contributed by atoms with Gasteiger partial charge in [0.1, 0.15) is 10.1 Å². The largest absolute Gasteiger partial charge is 1.00 e. The molecule has 1 fully saturated rings. The van der Waals surface area contributed by atoms with E-state index in [2.05, 4.69) is 0 Å². The van der Waals surface area contributed by atoms with Crippen molar-refractivity contribution in [2.75, 3.05) is 0 Å². The van der Waals surface area contributed by atoms with Gasteiger partial charge in [0.25, 0.3) is 0 Å². The molecule has 0 radical (unpaired) electrons. The molecule has 0 bridgehead atoms. The van der Waals surface area contributed by atoms with Crippen molar-refractivity contribution in [1.29, 1.82) is 0 Å². The fourth-order valence-corrected chi connectivity index (χ4v) is 1.80. The van der Waals surface area contributed by atoms with E-state index in [1.165, 1.54) is 0 Å². The topological polar surface area (TPSA) is 86.7 Å². The summed E-state index contributed by atoms with van der Waals surface area (Å²) < 4.78 is 36.0. The normalized spacial score (nSPS) is 31.0. The van der Waals surface area contributed by atoms with Crippen LogP contribution in [0.1, 0.15) is 19.8 Å². The third-order valence-electron chi connectivity index (χ3n) is 1.88. The molecule has 72 valence electrons. The average Bonchev–Trinajstić information content (AvgIpc) is 2.32. The summed E-state index contributed by atoms with van der Waals surface area (Å²) in [5.41, 5.74) is -1.91. The molecule has 3 atom stereocenters. The molecule has 0 aromatic heterocycles. The molecule has 3 unspecified atom stereocenters. The molecule has 1 rings (SSSR count). The molecule has 0 saturated carbocycles. The van der Waals surface area contributed by atoms with Crippen LogP contribution in [0.5, 0.6) is 0 Å². The first-order valence-electron chi connectivity index (χ1n) is 3.69. The molecule has 5 nitrogen and oxygen atoms in total. The van der Waals surface area contributed by atoms with Crippen LogP contribution in [0, 0.1) is 0 Å². The molecule has 1 aliphatic heterocycles. The Morgan fingerprint density at radius 2 is 2.08 bits per heavy atom. The van der Waals surface area contributed by atoms with Crippen molar-refractivity contribution in [3.8, 4) is 0 Å². The Morgan fingerprint density at radius 1 is 1.54 bits per heavy atom. The standard InChI is InChI=1S/C6H12O5S.Na/c1-4-2-3-5(11-4)6(7)12(8,9)10;/h4-7H,2-3H2,1H3,(H,8,9,10);/q;+1/p-1. The fourth-order valence-electron chi connectivity index (χ4n) is 1.23. The van der Waals surface area contributed by atoms with Crippen LogP contribution in [-0.2, 0) is 14.9 Å². The average molecular weight is 218 g/mol. The molecule has 13 heavy (non-hydrogen) atoms. The Hall–Kier alpha value is 0.830. The summed E-state index contributed by atoms with van der Waals surface area (Å²) >= 11 is 0. The van der Waals surface area contributed by atoms with E-state index >= 15 is 0 Å². The first-order valence-corrected chi connectivity index (χ1v) is 5.16. The molecule has 0 aliphatic carbocycles. The van der Waals surface area contributed by atoms with Gasteiger partial charge < -0.3 is 14.4 Å². The summed E-state index contributed by atoms with van der Waals surface area (Å²) in [5, 5.41) is 8.98. The van der Waals surface area contributed by atoms with Crippen LogP contribution >= 0.6 is 0 Å². The maximum atomic E-state index is 10.3. The third kappa shape index (κ3) is 3.83. The maximum absolute atomic E-state index is 10.3. The molecule has 1 N–H and O–H groups in total. The minimum atomic E-state index is -4.63. The summed E-state index contributed by atoms with van der Waals surface area (Å²) in [6.45, 7) is 1.77. The van der Waals surface area contributed by atoms with Crippen LogP contribution < -0.4 is 29.6 Å². The molecular weight excluding hydrogens is 207 g/mol. The van der Waals surface area contributed by atoms with Crippen molar-refractivity contribution in [1.82, 2.24) is 0 Å². The summed E-state index contributed by atoms with van der Waals surface area (Å²) in [5.74, 6) is 0. The maximum Gasteiger partial charge on any atom is 1.00 e. The van der Waals surface area contributed by atoms with E-state index in [9.17, 15) is 13.0 Å². The van der Waals surface area contributed by atoms with Gasteiger partial charge in [-0.1, -0.05) is 0 Å². The zero-order valence-corrected chi connectivity index (χ0v) is 10.5. The molecule has 0 amide bonds. The van der Waals surface area contributed by atoms with Gasteiger partial charge in [-0.15, -0.1) is 0 Å². The van der Waals surface area contributed by atoms with E-state index in [0.29, 0.717) is 12.8 Å². The number of ether oxygens (including phenoxy) is 1. The molecular formula is C6H11NaO5S. The van der Waals surface area contributed by atoms with Gasteiger partial charge in [-0.2, -0.15) is 0 Å². The van der Waals surface area contributed by atoms with Gasteiger partial charge in [-0.25, -0.2) is 8.42 Å². The Balaban J connectivity index is 0.00000144. The SMILES string of the molecule is CC1CCC(C(O)S(=O)(=O)[O-])O1.[Na+]. The zero-order valence-electron chi connectivity index (χ0n) is 7.63. The first-order chi connectivity index (χ1) is 5.41. The van der Waals surface area contributed by atoms with Crippen molar-refractivity contribution in [2.24, 2.45) is 0 Å². The van der Waals surface area contributed by atoms with Crippen LogP contribution in [0.2, 0.25) is 0 Å². The quantitative estimate of drug-likeness (QED) is 0.382. The van der Waals surface area contributed by atoms with E-state index in [-0.39, 0.29) is 35.7 Å². The first kappa shape index (κ1) is 13.8. The molecule has 0 aromatic carbocycles. The van der Waals surface area contributed by atoms with Crippen LogP contribution in [0.3, 0.4) is 0 Å². The number of aliphatic hydroxyl groups excluding tert-OH is 1. The number of hydrogen-bond donors (Lipinski definition) is 1. The van der Waals surface area contributed by atoms with E-state index in [0.717, 1.165) is 0 Å². The Kier molecular flexibility index (Phi) is 5.39. The number of aliphatic hydroxyl groups is 1. The van der Waals surface area contributed by atoms with Gasteiger partial charge >= 0.3 is 29.6 Å². The molecule has 1 aliphatic rings. The van der Waals surface area contributed by atoms with Gasteiger partial charge in [0.2, 0.25) is 0 Å². The molecule has 1 saturated heterocycles. The molecule has 0 spiro atoms. The van der Waals surface area contributed by atoms with Gasteiger partial charge in [0.05, 0.1) is 12.2 Å². The number of rotatable bonds is 2. The minimum Gasteiger partial charge on any atom is -0.746 e. The van der Waals surface area contributed by atoms with Gasteiger partial charge in [-0.3, -0.25) is 0 Å². The molecule has 0 aromatic rings.